The van der Waals surface area contributed by atoms with E-state index in [1.54, 1.807) is 0 Å². The molecule has 1 fully saturated rings. The monoisotopic (exact) mass is 776 g/mol. The number of aliphatic imine (C=N–C) groups is 1. The van der Waals surface area contributed by atoms with Gasteiger partial charge >= 0.3 is 5.97 Å². The molecule has 0 radical (unpaired) electrons. The molecule has 15 N–H and O–H groups in total. The van der Waals surface area contributed by atoms with Gasteiger partial charge in [-0.2, -0.15) is 25.3 Å². The fraction of sp³-hybridized carbons (Fsp3) is 0.690. The summed E-state index contributed by atoms with van der Waals surface area (Å²) >= 11 is 8.17. The lowest BCUT2D eigenvalue weighted by Gasteiger charge is -2.26. The first-order valence-electron chi connectivity index (χ1n) is 16.6. The number of nitrogens with two attached hydrogens (primary N) is 4. The van der Waals surface area contributed by atoms with Crippen molar-refractivity contribution in [2.75, 3.05) is 50.8 Å². The van der Waals surface area contributed by atoms with Crippen LogP contribution in [0, 0.1) is 0 Å². The third kappa shape index (κ3) is 16.8. The number of thiol groups is 2. The van der Waals surface area contributed by atoms with Gasteiger partial charge in [0, 0.05) is 24.6 Å². The number of nitrogens with one attached hydrogen (secondary N) is 6. The van der Waals surface area contributed by atoms with E-state index < -0.39 is 90.6 Å². The number of rotatable bonds is 24. The molecule has 1 aliphatic rings. The second kappa shape index (κ2) is 24.8. The molecule has 0 aromatic carbocycles. The molecule has 0 aromatic heterocycles. The molecule has 21 nitrogen and oxygen atoms in total. The van der Waals surface area contributed by atoms with Crippen LogP contribution in [-0.2, 0) is 38.4 Å². The maximum atomic E-state index is 13.1. The van der Waals surface area contributed by atoms with Crippen LogP contribution in [0.15, 0.2) is 4.99 Å². The predicted molar refractivity (Wildman–Crippen MR) is 196 cm³/mol. The zero-order valence-electron chi connectivity index (χ0n) is 28.8. The number of hydrogen-bond acceptors (Lipinski definition) is 13. The Hall–Kier alpha value is -4.35. The van der Waals surface area contributed by atoms with Gasteiger partial charge < -0.3 is 64.8 Å². The highest BCUT2D eigenvalue weighted by molar-refractivity contribution is 7.80. The van der Waals surface area contributed by atoms with E-state index in [1.807, 2.05) is 0 Å². The number of hydrogen-bond donors (Lipinski definition) is 13. The number of unbranched alkanes of at least 4 members (excludes halogenated alkanes) is 1. The zero-order chi connectivity index (χ0) is 39.2. The van der Waals surface area contributed by atoms with Gasteiger partial charge in [-0.1, -0.05) is 0 Å². The second-order valence-electron chi connectivity index (χ2n) is 11.7. The van der Waals surface area contributed by atoms with E-state index in [4.69, 9.17) is 22.9 Å². The number of carbonyl (C=O) groups excluding carboxylic acids is 7. The summed E-state index contributed by atoms with van der Waals surface area (Å²) in [6, 6.07) is -5.58. The molecule has 1 aliphatic heterocycles. The molecule has 1 heterocycles. The van der Waals surface area contributed by atoms with Crippen LogP contribution in [0.2, 0.25) is 0 Å². The summed E-state index contributed by atoms with van der Waals surface area (Å²) in [4.78, 5) is 106. The fourth-order valence-electron chi connectivity index (χ4n) is 4.94. The van der Waals surface area contributed by atoms with Gasteiger partial charge in [0.1, 0.15) is 30.2 Å². The van der Waals surface area contributed by atoms with Crippen LogP contribution >= 0.6 is 25.3 Å². The van der Waals surface area contributed by atoms with E-state index in [1.165, 1.54) is 4.90 Å². The molecule has 0 spiro atoms. The third-order valence-corrected chi connectivity index (χ3v) is 8.44. The molecule has 0 aromatic rings. The van der Waals surface area contributed by atoms with Crippen LogP contribution < -0.4 is 54.8 Å². The maximum Gasteiger partial charge on any atom is 0.326 e. The van der Waals surface area contributed by atoms with Crippen LogP contribution in [0.25, 0.3) is 0 Å². The number of aliphatic carboxylic acids is 1. The molecule has 5 unspecified atom stereocenters. The van der Waals surface area contributed by atoms with Gasteiger partial charge in [0.15, 0.2) is 5.96 Å². The van der Waals surface area contributed by atoms with Gasteiger partial charge in [0.2, 0.25) is 41.4 Å². The molecule has 23 heteroatoms. The van der Waals surface area contributed by atoms with Crippen molar-refractivity contribution in [1.29, 1.82) is 0 Å². The number of guanidine groups is 1. The first-order chi connectivity index (χ1) is 24.7. The molecule has 0 bridgehead atoms. The largest absolute Gasteiger partial charge is 0.480 e. The van der Waals surface area contributed by atoms with E-state index in [0.29, 0.717) is 25.8 Å². The number of carboxylic acid groups (broad SMARTS) is 1. The molecule has 1 rings (SSSR count). The highest BCUT2D eigenvalue weighted by atomic mass is 32.1. The summed E-state index contributed by atoms with van der Waals surface area (Å²) in [7, 11) is 0. The quantitative estimate of drug-likeness (QED) is 0.0188. The van der Waals surface area contributed by atoms with Crippen molar-refractivity contribution in [3.63, 3.8) is 0 Å². The molecule has 5 atom stereocenters. The molecular weight excluding hydrogens is 725 g/mol. The number of amides is 7. The van der Waals surface area contributed by atoms with Crippen LogP contribution in [0.1, 0.15) is 44.9 Å². The maximum absolute atomic E-state index is 13.1. The van der Waals surface area contributed by atoms with E-state index in [0.717, 1.165) is 0 Å². The van der Waals surface area contributed by atoms with Gasteiger partial charge in [-0.15, -0.1) is 0 Å². The lowest BCUT2D eigenvalue weighted by Crippen LogP contribution is -2.57. The van der Waals surface area contributed by atoms with E-state index >= 15 is 0 Å². The van der Waals surface area contributed by atoms with Crippen molar-refractivity contribution in [3.8, 4) is 0 Å². The number of likely N-dealkylation sites (tertiary alicyclic amines) is 1. The van der Waals surface area contributed by atoms with Crippen LogP contribution in [-0.4, -0.2) is 144 Å². The summed E-state index contributed by atoms with van der Waals surface area (Å²) in [6.07, 6.45) is 2.27. The van der Waals surface area contributed by atoms with Crippen molar-refractivity contribution < 1.29 is 43.5 Å². The standard InChI is InChI=1S/C29H52N12O9S2/c30-8-2-1-5-17(28(49)50)39-26(47)19(15-52)40-27(48)20-7-4-10-41(20)23(44)13-35-22(43)12-36-24(45)16(6-3-9-34-29(32)33)38-25(46)18(14-51)37-21(42)11-31/h16-20,51-52H,1-15,30-31H2,(H,35,43)(H,36,45)(H,37,42)(H,38,46)(H,39,47)(H,40,48)(H,49,50)(H4,32,33,34). The number of nitrogens with zero attached hydrogens (tertiary/aromatic N) is 2. The minimum absolute atomic E-state index is 0.0572. The molecule has 7 amide bonds. The van der Waals surface area contributed by atoms with Crippen LogP contribution in [0.5, 0.6) is 0 Å². The van der Waals surface area contributed by atoms with E-state index in [9.17, 15) is 43.5 Å². The lowest BCUT2D eigenvalue weighted by molar-refractivity contribution is -0.143. The zero-order valence-corrected chi connectivity index (χ0v) is 30.6. The number of carboxylic acids is 1. The molecule has 1 saturated heterocycles. The average molecular weight is 777 g/mol. The first-order valence-corrected chi connectivity index (χ1v) is 17.9. The van der Waals surface area contributed by atoms with Crippen LogP contribution in [0.3, 0.4) is 0 Å². The predicted octanol–water partition coefficient (Wildman–Crippen LogP) is -5.77. The molecule has 52 heavy (non-hydrogen) atoms. The normalized spacial score (nSPS) is 15.9. The Kier molecular flexibility index (Phi) is 21.8. The first kappa shape index (κ1) is 45.7. The average Bonchev–Trinajstić information content (AvgIpc) is 3.61. The minimum Gasteiger partial charge on any atom is -0.480 e. The van der Waals surface area contributed by atoms with Crippen molar-refractivity contribution in [1.82, 2.24) is 36.8 Å². The second-order valence-corrected chi connectivity index (χ2v) is 12.4. The Balaban J connectivity index is 2.76. The van der Waals surface area contributed by atoms with Gasteiger partial charge in [-0.25, -0.2) is 4.79 Å². The van der Waals surface area contributed by atoms with Crippen molar-refractivity contribution >= 4 is 78.5 Å². The summed E-state index contributed by atoms with van der Waals surface area (Å²) in [5, 5.41) is 24.0. The highest BCUT2D eigenvalue weighted by Crippen LogP contribution is 2.18. The Bertz CT molecular complexity index is 1290. The minimum atomic E-state index is -1.23. The Morgan fingerprint density at radius 2 is 1.37 bits per heavy atom. The fourth-order valence-corrected chi connectivity index (χ4v) is 5.46. The molecule has 0 aliphatic carbocycles. The van der Waals surface area contributed by atoms with Gasteiger partial charge in [-0.3, -0.25) is 38.6 Å². The topological polar surface area (TPSA) is 349 Å². The van der Waals surface area contributed by atoms with Crippen molar-refractivity contribution in [2.45, 2.75) is 75.2 Å². The Morgan fingerprint density at radius 1 is 0.750 bits per heavy atom. The van der Waals surface area contributed by atoms with Gasteiger partial charge in [0.25, 0.3) is 0 Å². The molecular formula is C29H52N12O9S2. The lowest BCUT2D eigenvalue weighted by atomic mass is 10.1. The van der Waals surface area contributed by atoms with E-state index in [-0.39, 0.29) is 62.8 Å². The van der Waals surface area contributed by atoms with Gasteiger partial charge in [0.05, 0.1) is 19.6 Å². The van der Waals surface area contributed by atoms with E-state index in [2.05, 4.69) is 62.2 Å². The summed E-state index contributed by atoms with van der Waals surface area (Å²) < 4.78 is 0. The van der Waals surface area contributed by atoms with Gasteiger partial charge in [-0.05, 0) is 51.5 Å². The Labute approximate surface area is 312 Å². The van der Waals surface area contributed by atoms with Crippen molar-refractivity contribution in [2.24, 2.45) is 27.9 Å². The van der Waals surface area contributed by atoms with Crippen LogP contribution in [0.4, 0.5) is 0 Å². The smallest absolute Gasteiger partial charge is 0.326 e. The molecule has 294 valence electrons. The summed E-state index contributed by atoms with van der Waals surface area (Å²) in [5.41, 5.74) is 21.4. The molecule has 0 saturated carbocycles. The Morgan fingerprint density at radius 3 is 1.94 bits per heavy atom. The van der Waals surface area contributed by atoms with Crippen molar-refractivity contribution in [3.05, 3.63) is 0 Å². The number of carbonyl (C=O) groups is 8. The third-order valence-electron chi connectivity index (χ3n) is 7.71. The summed E-state index contributed by atoms with van der Waals surface area (Å²) in [6.45, 7) is -0.742. The summed E-state index contributed by atoms with van der Waals surface area (Å²) in [5.74, 6) is -6.45. The SMILES string of the molecule is NCCCCC(NC(=O)C(CS)NC(=O)C1CCCN1C(=O)CNC(=O)CNC(=O)C(CCCN=C(N)N)NC(=O)C(CS)NC(=O)CN)C(=O)O. The highest BCUT2D eigenvalue weighted by Gasteiger charge is 2.36.